The highest BCUT2D eigenvalue weighted by Crippen LogP contribution is 2.10. The number of nitrogens with zero attached hydrogens (tertiary/aromatic N) is 2. The number of hydrogen-bond donors (Lipinski definition) is 2. The van der Waals surface area contributed by atoms with E-state index in [1.54, 1.807) is 11.3 Å². The minimum atomic E-state index is 0.348. The molecule has 4 nitrogen and oxygen atoms in total. The van der Waals surface area contributed by atoms with Gasteiger partial charge in [-0.05, 0) is 26.1 Å². The summed E-state index contributed by atoms with van der Waals surface area (Å²) in [6, 6.07) is 0.348. The normalized spacial score (nSPS) is 13.2. The Balaban J connectivity index is 2.31. The Morgan fingerprint density at radius 2 is 2.25 bits per heavy atom. The summed E-state index contributed by atoms with van der Waals surface area (Å²) in [5, 5.41) is 0. The molecule has 0 aliphatic rings. The molecule has 5 heteroatoms. The van der Waals surface area contributed by atoms with Crippen molar-refractivity contribution in [2.24, 2.45) is 5.84 Å². The second-order valence-electron chi connectivity index (χ2n) is 3.85. The summed E-state index contributed by atoms with van der Waals surface area (Å²) < 4.78 is 0. The number of aromatic nitrogens is 1. The molecule has 0 fully saturated rings. The van der Waals surface area contributed by atoms with Crippen molar-refractivity contribution >= 4 is 11.3 Å². The molecule has 0 spiro atoms. The highest BCUT2D eigenvalue weighted by Gasteiger charge is 2.10. The molecule has 1 aromatic heterocycles. The van der Waals surface area contributed by atoms with Crippen LogP contribution in [0.3, 0.4) is 0 Å². The van der Waals surface area contributed by atoms with E-state index >= 15 is 0 Å². The Hall–Kier alpha value is -0.490. The molecular formula is C11H22N4S. The zero-order chi connectivity index (χ0) is 11.8. The molecule has 0 bridgehead atoms. The van der Waals surface area contributed by atoms with Crippen LogP contribution in [0.25, 0.3) is 0 Å². The maximum Gasteiger partial charge on any atom is 0.0794 e. The zero-order valence-electron chi connectivity index (χ0n) is 10.1. The first-order valence-electron chi connectivity index (χ1n) is 5.86. The van der Waals surface area contributed by atoms with Gasteiger partial charge in [-0.1, -0.05) is 13.8 Å². The van der Waals surface area contributed by atoms with Crippen molar-refractivity contribution in [2.45, 2.75) is 32.7 Å². The summed E-state index contributed by atoms with van der Waals surface area (Å²) in [7, 11) is 0. The number of hydrogen-bond acceptors (Lipinski definition) is 5. The van der Waals surface area contributed by atoms with Gasteiger partial charge in [-0.3, -0.25) is 16.3 Å². The van der Waals surface area contributed by atoms with E-state index in [9.17, 15) is 0 Å². The van der Waals surface area contributed by atoms with Gasteiger partial charge in [0.25, 0.3) is 0 Å². The molecule has 0 saturated heterocycles. The Morgan fingerprint density at radius 3 is 2.75 bits per heavy atom. The van der Waals surface area contributed by atoms with Gasteiger partial charge in [0.1, 0.15) is 0 Å². The van der Waals surface area contributed by atoms with Crippen molar-refractivity contribution in [3.05, 3.63) is 16.6 Å². The molecule has 92 valence electrons. The van der Waals surface area contributed by atoms with Gasteiger partial charge in [0.2, 0.25) is 0 Å². The monoisotopic (exact) mass is 242 g/mol. The number of thiazole rings is 1. The first kappa shape index (κ1) is 13.6. The van der Waals surface area contributed by atoms with E-state index in [0.717, 1.165) is 32.5 Å². The van der Waals surface area contributed by atoms with E-state index in [2.05, 4.69) is 29.2 Å². The van der Waals surface area contributed by atoms with E-state index < -0.39 is 0 Å². The SMILES string of the molecule is CCN(CC)CCC(Cc1cncs1)NN. The van der Waals surface area contributed by atoms with Crippen molar-refractivity contribution in [1.82, 2.24) is 15.3 Å². The third-order valence-electron chi connectivity index (χ3n) is 2.85. The van der Waals surface area contributed by atoms with E-state index in [-0.39, 0.29) is 0 Å². The van der Waals surface area contributed by atoms with E-state index in [1.165, 1.54) is 4.88 Å². The smallest absolute Gasteiger partial charge is 0.0794 e. The van der Waals surface area contributed by atoms with Gasteiger partial charge in [0, 0.05) is 23.5 Å². The Bertz CT molecular complexity index is 259. The van der Waals surface area contributed by atoms with E-state index in [1.807, 2.05) is 11.7 Å². The fourth-order valence-corrected chi connectivity index (χ4v) is 2.38. The van der Waals surface area contributed by atoms with Crippen molar-refractivity contribution < 1.29 is 0 Å². The topological polar surface area (TPSA) is 54.2 Å². The van der Waals surface area contributed by atoms with Crippen LogP contribution in [0.1, 0.15) is 25.1 Å². The Kier molecular flexibility index (Phi) is 6.56. The molecule has 0 aliphatic heterocycles. The van der Waals surface area contributed by atoms with Gasteiger partial charge >= 0.3 is 0 Å². The molecule has 1 heterocycles. The number of nitrogens with one attached hydrogen (secondary N) is 1. The number of rotatable bonds is 8. The van der Waals surface area contributed by atoms with Gasteiger partial charge in [0.15, 0.2) is 0 Å². The molecule has 3 N–H and O–H groups in total. The minimum absolute atomic E-state index is 0.348. The lowest BCUT2D eigenvalue weighted by molar-refractivity contribution is 0.281. The molecule has 0 aliphatic carbocycles. The van der Waals surface area contributed by atoms with Gasteiger partial charge in [-0.15, -0.1) is 11.3 Å². The Labute approximate surface area is 102 Å². The molecule has 0 aromatic carbocycles. The summed E-state index contributed by atoms with van der Waals surface area (Å²) in [6.45, 7) is 7.69. The highest BCUT2D eigenvalue weighted by atomic mass is 32.1. The van der Waals surface area contributed by atoms with Crippen molar-refractivity contribution in [2.75, 3.05) is 19.6 Å². The van der Waals surface area contributed by atoms with Gasteiger partial charge in [0.05, 0.1) is 5.51 Å². The molecule has 1 rings (SSSR count). The molecule has 0 amide bonds. The fourth-order valence-electron chi connectivity index (χ4n) is 1.71. The molecular weight excluding hydrogens is 220 g/mol. The highest BCUT2D eigenvalue weighted by molar-refractivity contribution is 7.09. The quantitative estimate of drug-likeness (QED) is 0.532. The lowest BCUT2D eigenvalue weighted by atomic mass is 10.1. The van der Waals surface area contributed by atoms with Crippen LogP contribution in [0.15, 0.2) is 11.7 Å². The molecule has 1 atom stereocenters. The average molecular weight is 242 g/mol. The number of hydrazine groups is 1. The van der Waals surface area contributed by atoms with Crippen molar-refractivity contribution in [1.29, 1.82) is 0 Å². The standard InChI is InChI=1S/C11H22N4S/c1-3-15(4-2)6-5-10(14-12)7-11-8-13-9-16-11/h8-10,14H,3-7,12H2,1-2H3. The maximum atomic E-state index is 5.57. The summed E-state index contributed by atoms with van der Waals surface area (Å²) >= 11 is 1.69. The summed E-state index contributed by atoms with van der Waals surface area (Å²) in [5.74, 6) is 5.57. The second kappa shape index (κ2) is 7.73. The van der Waals surface area contributed by atoms with E-state index in [0.29, 0.717) is 6.04 Å². The van der Waals surface area contributed by atoms with Crippen LogP contribution >= 0.6 is 11.3 Å². The summed E-state index contributed by atoms with van der Waals surface area (Å²) in [5.41, 5.74) is 4.76. The van der Waals surface area contributed by atoms with Crippen LogP contribution in [-0.4, -0.2) is 35.6 Å². The largest absolute Gasteiger partial charge is 0.304 e. The van der Waals surface area contributed by atoms with Crippen LogP contribution in [0.5, 0.6) is 0 Å². The predicted molar refractivity (Wildman–Crippen MR) is 69.3 cm³/mol. The lowest BCUT2D eigenvalue weighted by Crippen LogP contribution is -2.39. The molecule has 0 saturated carbocycles. The van der Waals surface area contributed by atoms with Crippen LogP contribution in [0.2, 0.25) is 0 Å². The zero-order valence-corrected chi connectivity index (χ0v) is 11.0. The minimum Gasteiger partial charge on any atom is -0.304 e. The third-order valence-corrected chi connectivity index (χ3v) is 3.66. The molecule has 1 aromatic rings. The molecule has 1 unspecified atom stereocenters. The van der Waals surface area contributed by atoms with Crippen molar-refractivity contribution in [3.63, 3.8) is 0 Å². The predicted octanol–water partition coefficient (Wildman–Crippen LogP) is 1.25. The maximum absolute atomic E-state index is 5.57. The van der Waals surface area contributed by atoms with Gasteiger partial charge in [-0.25, -0.2) is 0 Å². The van der Waals surface area contributed by atoms with Gasteiger partial charge in [-0.2, -0.15) is 0 Å². The average Bonchev–Trinajstić information content (AvgIpc) is 2.81. The summed E-state index contributed by atoms with van der Waals surface area (Å²) in [4.78, 5) is 7.78. The van der Waals surface area contributed by atoms with Crippen molar-refractivity contribution in [3.8, 4) is 0 Å². The summed E-state index contributed by atoms with van der Waals surface area (Å²) in [6.07, 6.45) is 3.98. The molecule has 16 heavy (non-hydrogen) atoms. The van der Waals surface area contributed by atoms with E-state index in [4.69, 9.17) is 5.84 Å². The van der Waals surface area contributed by atoms with Crippen LogP contribution < -0.4 is 11.3 Å². The molecule has 0 radical (unpaired) electrons. The first-order valence-corrected chi connectivity index (χ1v) is 6.73. The Morgan fingerprint density at radius 1 is 1.50 bits per heavy atom. The second-order valence-corrected chi connectivity index (χ2v) is 4.82. The fraction of sp³-hybridized carbons (Fsp3) is 0.727. The van der Waals surface area contributed by atoms with Crippen LogP contribution in [-0.2, 0) is 6.42 Å². The van der Waals surface area contributed by atoms with Gasteiger partial charge < -0.3 is 4.90 Å². The first-order chi connectivity index (χ1) is 7.80. The lowest BCUT2D eigenvalue weighted by Gasteiger charge is -2.21. The third kappa shape index (κ3) is 4.57. The number of nitrogens with two attached hydrogens (primary N) is 1. The van der Waals surface area contributed by atoms with Crippen LogP contribution in [0, 0.1) is 0 Å². The van der Waals surface area contributed by atoms with Crippen LogP contribution in [0.4, 0.5) is 0 Å².